The van der Waals surface area contributed by atoms with Crippen molar-refractivity contribution >= 4 is 21.6 Å². The molecule has 0 aromatic heterocycles. The van der Waals surface area contributed by atoms with Gasteiger partial charge in [-0.25, -0.2) is 12.7 Å². The second-order valence-corrected chi connectivity index (χ2v) is 8.89. The topological polar surface area (TPSA) is 75.7 Å². The van der Waals surface area contributed by atoms with Gasteiger partial charge in [0.25, 0.3) is 0 Å². The molecule has 6 nitrogen and oxygen atoms in total. The van der Waals surface area contributed by atoms with Crippen molar-refractivity contribution in [2.24, 2.45) is 0 Å². The van der Waals surface area contributed by atoms with E-state index in [1.165, 1.54) is 26.2 Å². The molecule has 1 amide bonds. The first kappa shape index (κ1) is 20.9. The summed E-state index contributed by atoms with van der Waals surface area (Å²) in [6.07, 6.45) is 0.164. The van der Waals surface area contributed by atoms with E-state index in [9.17, 15) is 13.2 Å². The summed E-state index contributed by atoms with van der Waals surface area (Å²) in [4.78, 5) is 12.4. The smallest absolute Gasteiger partial charge is 0.242 e. The molecule has 27 heavy (non-hydrogen) atoms. The number of aryl methyl sites for hydroxylation is 3. The Bertz CT molecular complexity index is 917. The molecule has 0 saturated heterocycles. The molecular weight excluding hydrogens is 364 g/mol. The number of hydrogen-bond acceptors (Lipinski definition) is 4. The molecule has 2 rings (SSSR count). The van der Waals surface area contributed by atoms with E-state index >= 15 is 0 Å². The maximum Gasteiger partial charge on any atom is 0.242 e. The number of ether oxygens (including phenoxy) is 1. The summed E-state index contributed by atoms with van der Waals surface area (Å²) in [5.74, 6) is 0.498. The number of carbonyl (C=O) groups excluding carboxylic acids is 1. The Morgan fingerprint density at radius 2 is 1.67 bits per heavy atom. The number of nitrogens with zero attached hydrogens (tertiary/aromatic N) is 1. The average molecular weight is 391 g/mol. The standard InChI is InChI=1S/C20H26N2O4S/c1-14-10-15(2)12-17(11-14)26-9-8-20(23)21-19-13-18(7-6-16(19)3)27(24,25)22(4)5/h6-7,10-13H,8-9H2,1-5H3,(H,21,23). The van der Waals surface area contributed by atoms with Crippen molar-refractivity contribution in [3.05, 3.63) is 53.1 Å². The third-order valence-corrected chi connectivity index (χ3v) is 5.87. The number of anilines is 1. The van der Waals surface area contributed by atoms with Gasteiger partial charge in [-0.05, 0) is 61.7 Å². The summed E-state index contributed by atoms with van der Waals surface area (Å²) in [6, 6.07) is 10.6. The minimum Gasteiger partial charge on any atom is -0.493 e. The molecule has 0 heterocycles. The molecule has 7 heteroatoms. The van der Waals surface area contributed by atoms with Crippen molar-refractivity contribution in [3.63, 3.8) is 0 Å². The highest BCUT2D eigenvalue weighted by Crippen LogP contribution is 2.22. The fourth-order valence-electron chi connectivity index (χ4n) is 2.60. The van der Waals surface area contributed by atoms with Gasteiger partial charge in [-0.2, -0.15) is 0 Å². The fraction of sp³-hybridized carbons (Fsp3) is 0.350. The minimum absolute atomic E-state index is 0.139. The molecule has 0 bridgehead atoms. The highest BCUT2D eigenvalue weighted by atomic mass is 32.2. The summed E-state index contributed by atoms with van der Waals surface area (Å²) < 4.78 is 31.3. The molecule has 0 atom stereocenters. The van der Waals surface area contributed by atoms with Crippen LogP contribution < -0.4 is 10.1 Å². The lowest BCUT2D eigenvalue weighted by atomic mass is 10.1. The van der Waals surface area contributed by atoms with Crippen LogP contribution in [0.25, 0.3) is 0 Å². The second-order valence-electron chi connectivity index (χ2n) is 6.73. The molecule has 0 saturated carbocycles. The molecule has 1 N–H and O–H groups in total. The van der Waals surface area contributed by atoms with E-state index in [1.54, 1.807) is 6.07 Å². The highest BCUT2D eigenvalue weighted by molar-refractivity contribution is 7.89. The van der Waals surface area contributed by atoms with Crippen molar-refractivity contribution in [2.75, 3.05) is 26.0 Å². The fourth-order valence-corrected chi connectivity index (χ4v) is 3.53. The van der Waals surface area contributed by atoms with Gasteiger partial charge in [-0.1, -0.05) is 12.1 Å². The van der Waals surface area contributed by atoms with Gasteiger partial charge in [0.05, 0.1) is 17.9 Å². The Morgan fingerprint density at radius 1 is 1.04 bits per heavy atom. The van der Waals surface area contributed by atoms with E-state index in [2.05, 4.69) is 11.4 Å². The van der Waals surface area contributed by atoms with E-state index in [4.69, 9.17) is 4.74 Å². The first-order valence-corrected chi connectivity index (χ1v) is 10.1. The molecule has 0 spiro atoms. The highest BCUT2D eigenvalue weighted by Gasteiger charge is 2.18. The van der Waals surface area contributed by atoms with Crippen LogP contribution in [0.15, 0.2) is 41.3 Å². The van der Waals surface area contributed by atoms with Gasteiger partial charge in [0.15, 0.2) is 0 Å². The molecule has 0 aliphatic heterocycles. The van der Waals surface area contributed by atoms with Crippen LogP contribution in [0.3, 0.4) is 0 Å². The normalized spacial score (nSPS) is 11.5. The zero-order valence-electron chi connectivity index (χ0n) is 16.4. The van der Waals surface area contributed by atoms with Crippen LogP contribution in [0.1, 0.15) is 23.1 Å². The predicted molar refractivity (Wildman–Crippen MR) is 107 cm³/mol. The lowest BCUT2D eigenvalue weighted by molar-refractivity contribution is -0.116. The van der Waals surface area contributed by atoms with Gasteiger partial charge in [0.2, 0.25) is 15.9 Å². The Labute approximate surface area is 161 Å². The van der Waals surface area contributed by atoms with Crippen LogP contribution in [-0.4, -0.2) is 39.3 Å². The summed E-state index contributed by atoms with van der Waals surface area (Å²) >= 11 is 0. The Hall–Kier alpha value is -2.38. The largest absolute Gasteiger partial charge is 0.493 e. The van der Waals surface area contributed by atoms with Gasteiger partial charge in [0.1, 0.15) is 5.75 Å². The summed E-state index contributed by atoms with van der Waals surface area (Å²) in [5.41, 5.74) is 3.47. The van der Waals surface area contributed by atoms with Crippen LogP contribution in [0, 0.1) is 20.8 Å². The Morgan fingerprint density at radius 3 is 2.26 bits per heavy atom. The number of amides is 1. The number of nitrogens with one attached hydrogen (secondary N) is 1. The van der Waals surface area contributed by atoms with Gasteiger partial charge in [0, 0.05) is 19.8 Å². The van der Waals surface area contributed by atoms with Crippen molar-refractivity contribution < 1.29 is 17.9 Å². The Kier molecular flexibility index (Phi) is 6.62. The molecule has 146 valence electrons. The zero-order valence-corrected chi connectivity index (χ0v) is 17.2. The molecule has 0 aliphatic rings. The summed E-state index contributed by atoms with van der Waals surface area (Å²) in [7, 11) is -0.616. The SMILES string of the molecule is Cc1cc(C)cc(OCCC(=O)Nc2cc(S(=O)(=O)N(C)C)ccc2C)c1. The van der Waals surface area contributed by atoms with Gasteiger partial charge >= 0.3 is 0 Å². The van der Waals surface area contributed by atoms with Gasteiger partial charge < -0.3 is 10.1 Å². The van der Waals surface area contributed by atoms with Crippen LogP contribution >= 0.6 is 0 Å². The monoisotopic (exact) mass is 390 g/mol. The van der Waals surface area contributed by atoms with Crippen LogP contribution in [0.4, 0.5) is 5.69 Å². The number of hydrogen-bond donors (Lipinski definition) is 1. The lowest BCUT2D eigenvalue weighted by Gasteiger charge is -2.14. The van der Waals surface area contributed by atoms with E-state index in [1.807, 2.05) is 32.9 Å². The maximum atomic E-state index is 12.3. The van der Waals surface area contributed by atoms with E-state index in [-0.39, 0.29) is 23.8 Å². The number of carbonyl (C=O) groups is 1. The van der Waals surface area contributed by atoms with Crippen molar-refractivity contribution in [1.82, 2.24) is 4.31 Å². The van der Waals surface area contributed by atoms with Crippen LogP contribution in [-0.2, 0) is 14.8 Å². The first-order valence-electron chi connectivity index (χ1n) is 8.64. The zero-order chi connectivity index (χ0) is 20.2. The maximum absolute atomic E-state index is 12.3. The van der Waals surface area contributed by atoms with Crippen LogP contribution in [0.5, 0.6) is 5.75 Å². The Balaban J connectivity index is 2.01. The van der Waals surface area contributed by atoms with E-state index < -0.39 is 10.0 Å². The molecule has 0 aliphatic carbocycles. The molecule has 0 fully saturated rings. The third kappa shape index (κ3) is 5.55. The number of sulfonamides is 1. The molecular formula is C20H26N2O4S. The predicted octanol–water partition coefficient (Wildman–Crippen LogP) is 3.27. The number of rotatable bonds is 7. The first-order chi connectivity index (χ1) is 12.6. The quantitative estimate of drug-likeness (QED) is 0.787. The third-order valence-electron chi connectivity index (χ3n) is 4.05. The van der Waals surface area contributed by atoms with Gasteiger partial charge in [-0.3, -0.25) is 4.79 Å². The molecule has 2 aromatic rings. The average Bonchev–Trinajstić information content (AvgIpc) is 2.55. The lowest BCUT2D eigenvalue weighted by Crippen LogP contribution is -2.22. The second kappa shape index (κ2) is 8.54. The molecule has 2 aromatic carbocycles. The summed E-state index contributed by atoms with van der Waals surface area (Å²) in [5, 5.41) is 2.77. The van der Waals surface area contributed by atoms with Gasteiger partial charge in [-0.15, -0.1) is 0 Å². The van der Waals surface area contributed by atoms with Crippen molar-refractivity contribution in [2.45, 2.75) is 32.1 Å². The molecule has 0 radical (unpaired) electrons. The van der Waals surface area contributed by atoms with E-state index in [0.29, 0.717) is 5.69 Å². The summed E-state index contributed by atoms with van der Waals surface area (Å²) in [6.45, 7) is 6.03. The van der Waals surface area contributed by atoms with E-state index in [0.717, 1.165) is 26.7 Å². The minimum atomic E-state index is -3.56. The van der Waals surface area contributed by atoms with Crippen molar-refractivity contribution in [1.29, 1.82) is 0 Å². The van der Waals surface area contributed by atoms with Crippen LogP contribution in [0.2, 0.25) is 0 Å². The molecule has 0 unspecified atom stereocenters. The number of benzene rings is 2. The van der Waals surface area contributed by atoms with Crippen molar-refractivity contribution in [3.8, 4) is 5.75 Å².